The van der Waals surface area contributed by atoms with Crippen LogP contribution in [0.5, 0.6) is 0 Å². The second-order valence-corrected chi connectivity index (χ2v) is 8.09. The van der Waals surface area contributed by atoms with Crippen molar-refractivity contribution in [1.82, 2.24) is 14.5 Å². The zero-order chi connectivity index (χ0) is 21.1. The van der Waals surface area contributed by atoms with E-state index >= 15 is 0 Å². The van der Waals surface area contributed by atoms with E-state index in [1.54, 1.807) is 5.01 Å². The van der Waals surface area contributed by atoms with Gasteiger partial charge in [-0.05, 0) is 30.8 Å². The molecule has 2 heterocycles. The van der Waals surface area contributed by atoms with Crippen molar-refractivity contribution >= 4 is 23.2 Å². The molecule has 1 unspecified atom stereocenters. The number of benzene rings is 2. The van der Waals surface area contributed by atoms with Crippen LogP contribution in [0.15, 0.2) is 78.0 Å². The topological polar surface area (TPSA) is 40.8 Å². The van der Waals surface area contributed by atoms with E-state index in [1.165, 1.54) is 5.56 Å². The second kappa shape index (κ2) is 8.86. The minimum Gasteiger partial charge on any atom is -0.353 e. The van der Waals surface area contributed by atoms with Crippen LogP contribution in [-0.4, -0.2) is 39.7 Å². The number of hydrogen-bond acceptors (Lipinski definition) is 3. The van der Waals surface area contributed by atoms with Crippen LogP contribution in [0.25, 0.3) is 0 Å². The highest BCUT2D eigenvalue weighted by Crippen LogP contribution is 2.34. The number of carbonyl (C=O) groups excluding carboxylic acids is 1. The van der Waals surface area contributed by atoms with Gasteiger partial charge in [0.15, 0.2) is 0 Å². The fraction of sp³-hybridized carbons (Fsp3) is 0.250. The highest BCUT2D eigenvalue weighted by atomic mass is 35.5. The Hall–Kier alpha value is -2.89. The van der Waals surface area contributed by atoms with Gasteiger partial charge in [-0.25, -0.2) is 5.01 Å². The molecule has 0 N–H and O–H groups in total. The Balaban J connectivity index is 1.57. The minimum absolute atomic E-state index is 0.0262. The van der Waals surface area contributed by atoms with E-state index in [-0.39, 0.29) is 18.5 Å². The molecule has 154 valence electrons. The lowest BCUT2D eigenvalue weighted by Gasteiger charge is -2.25. The average Bonchev–Trinajstić information content (AvgIpc) is 3.35. The first-order chi connectivity index (χ1) is 14.5. The van der Waals surface area contributed by atoms with Crippen molar-refractivity contribution in [3.8, 4) is 0 Å². The minimum atomic E-state index is -0.145. The first-order valence-electron chi connectivity index (χ1n) is 10.0. The van der Waals surface area contributed by atoms with Crippen molar-refractivity contribution in [2.75, 3.05) is 13.6 Å². The van der Waals surface area contributed by atoms with Crippen molar-refractivity contribution < 1.29 is 4.79 Å². The lowest BCUT2D eigenvalue weighted by atomic mass is 10.0. The number of carbonyl (C=O) groups is 1. The average molecular weight is 421 g/mol. The molecule has 1 aliphatic heterocycles. The van der Waals surface area contributed by atoms with Gasteiger partial charge in [-0.3, -0.25) is 9.69 Å². The molecule has 0 aliphatic carbocycles. The first-order valence-corrected chi connectivity index (χ1v) is 10.4. The summed E-state index contributed by atoms with van der Waals surface area (Å²) in [4.78, 5) is 15.3. The van der Waals surface area contributed by atoms with E-state index < -0.39 is 0 Å². The molecule has 0 fully saturated rings. The molecule has 1 aliphatic rings. The maximum absolute atomic E-state index is 13.3. The zero-order valence-electron chi connectivity index (χ0n) is 17.2. The molecule has 1 aromatic heterocycles. The highest BCUT2D eigenvalue weighted by Gasteiger charge is 2.35. The molecule has 2 aromatic carbocycles. The normalized spacial score (nSPS) is 16.2. The van der Waals surface area contributed by atoms with Crippen LogP contribution in [0.2, 0.25) is 5.02 Å². The predicted molar refractivity (Wildman–Crippen MR) is 120 cm³/mol. The molecule has 0 radical (unpaired) electrons. The van der Waals surface area contributed by atoms with E-state index in [0.717, 1.165) is 17.0 Å². The van der Waals surface area contributed by atoms with E-state index in [0.29, 0.717) is 18.0 Å². The summed E-state index contributed by atoms with van der Waals surface area (Å²) < 4.78 is 2.05. The molecule has 1 atom stereocenters. The van der Waals surface area contributed by atoms with Gasteiger partial charge in [0.25, 0.3) is 5.91 Å². The maximum Gasteiger partial charge on any atom is 0.257 e. The third kappa shape index (κ3) is 4.32. The molecule has 0 saturated carbocycles. The molecule has 6 heteroatoms. The molecule has 0 spiro atoms. The Morgan fingerprint density at radius 2 is 1.83 bits per heavy atom. The third-order valence-corrected chi connectivity index (χ3v) is 5.71. The maximum atomic E-state index is 13.3. The number of halogens is 1. The molecular weight excluding hydrogens is 396 g/mol. The molecule has 3 aromatic rings. The van der Waals surface area contributed by atoms with Gasteiger partial charge in [0.2, 0.25) is 0 Å². The van der Waals surface area contributed by atoms with Gasteiger partial charge in [-0.1, -0.05) is 60.1 Å². The summed E-state index contributed by atoms with van der Waals surface area (Å²) >= 11 is 6.41. The molecule has 30 heavy (non-hydrogen) atoms. The molecule has 4 rings (SSSR count). The first kappa shape index (κ1) is 20.4. The number of amides is 1. The van der Waals surface area contributed by atoms with Crippen molar-refractivity contribution in [2.45, 2.75) is 19.0 Å². The molecule has 0 saturated heterocycles. The Bertz CT molecular complexity index is 1060. The summed E-state index contributed by atoms with van der Waals surface area (Å²) in [6.45, 7) is 0.992. The van der Waals surface area contributed by atoms with Crippen LogP contribution in [0.3, 0.4) is 0 Å². The molecular formula is C24H25ClN4O. The van der Waals surface area contributed by atoms with Crippen LogP contribution >= 0.6 is 11.6 Å². The third-order valence-electron chi connectivity index (χ3n) is 5.38. The Labute approximate surface area is 182 Å². The predicted octanol–water partition coefficient (Wildman–Crippen LogP) is 4.49. The van der Waals surface area contributed by atoms with Gasteiger partial charge in [0, 0.05) is 42.5 Å². The number of aromatic nitrogens is 1. The summed E-state index contributed by atoms with van der Waals surface area (Å²) in [5.74, 6) is -0.0262. The van der Waals surface area contributed by atoms with E-state index in [2.05, 4.69) is 12.1 Å². The van der Waals surface area contributed by atoms with Gasteiger partial charge in [-0.2, -0.15) is 5.10 Å². The van der Waals surface area contributed by atoms with Crippen molar-refractivity contribution in [1.29, 1.82) is 0 Å². The van der Waals surface area contributed by atoms with Crippen molar-refractivity contribution in [3.05, 3.63) is 94.8 Å². The quantitative estimate of drug-likeness (QED) is 0.589. The number of hydrogen-bond donors (Lipinski definition) is 0. The monoisotopic (exact) mass is 420 g/mol. The molecule has 1 amide bonds. The molecule has 5 nitrogen and oxygen atoms in total. The van der Waals surface area contributed by atoms with Crippen molar-refractivity contribution in [2.24, 2.45) is 12.1 Å². The van der Waals surface area contributed by atoms with Gasteiger partial charge in [-0.15, -0.1) is 0 Å². The van der Waals surface area contributed by atoms with Gasteiger partial charge >= 0.3 is 0 Å². The number of rotatable bonds is 6. The lowest BCUT2D eigenvalue weighted by molar-refractivity contribution is -0.134. The smallest absolute Gasteiger partial charge is 0.257 e. The largest absolute Gasteiger partial charge is 0.353 e. The fourth-order valence-corrected chi connectivity index (χ4v) is 4.15. The fourth-order valence-electron chi connectivity index (χ4n) is 3.90. The molecule has 0 bridgehead atoms. The summed E-state index contributed by atoms with van der Waals surface area (Å²) in [6, 6.07) is 21.7. The van der Waals surface area contributed by atoms with Gasteiger partial charge in [0.05, 0.1) is 12.3 Å². The van der Waals surface area contributed by atoms with E-state index in [1.807, 2.05) is 84.4 Å². The number of likely N-dealkylation sites (N-methyl/N-ethyl adjacent to an activating group) is 1. The number of aryl methyl sites for hydroxylation is 1. The summed E-state index contributed by atoms with van der Waals surface area (Å²) in [5, 5.41) is 7.02. The standard InChI is InChI=1S/C24H25ClN4O/c1-27(16-18-9-4-3-5-10-18)17-24(30)29-23(22-13-8-14-28(22)2)15-21(26-29)19-11-6-7-12-20(19)25/h3-14,23H,15-17H2,1-2H3. The van der Waals surface area contributed by atoms with E-state index in [9.17, 15) is 4.79 Å². The number of hydrazone groups is 1. The van der Waals surface area contributed by atoms with Crippen LogP contribution in [0.1, 0.15) is 29.3 Å². The Kier molecular flexibility index (Phi) is 6.02. The SMILES string of the molecule is CN(CC(=O)N1N=C(c2ccccc2Cl)CC1c1cccn1C)Cc1ccccc1. The highest BCUT2D eigenvalue weighted by molar-refractivity contribution is 6.34. The summed E-state index contributed by atoms with van der Waals surface area (Å²) in [6.07, 6.45) is 2.63. The van der Waals surface area contributed by atoms with Gasteiger partial charge < -0.3 is 4.57 Å². The summed E-state index contributed by atoms with van der Waals surface area (Å²) in [7, 11) is 3.95. The van der Waals surface area contributed by atoms with E-state index in [4.69, 9.17) is 16.7 Å². The van der Waals surface area contributed by atoms with Crippen LogP contribution in [0, 0.1) is 0 Å². The van der Waals surface area contributed by atoms with Crippen molar-refractivity contribution in [3.63, 3.8) is 0 Å². The lowest BCUT2D eigenvalue weighted by Crippen LogP contribution is -2.36. The van der Waals surface area contributed by atoms with Gasteiger partial charge in [0.1, 0.15) is 6.04 Å². The zero-order valence-corrected chi connectivity index (χ0v) is 18.0. The Morgan fingerprint density at radius 3 is 2.53 bits per heavy atom. The second-order valence-electron chi connectivity index (χ2n) is 7.69. The van der Waals surface area contributed by atoms with Crippen LogP contribution in [0.4, 0.5) is 0 Å². The number of nitrogens with zero attached hydrogens (tertiary/aromatic N) is 4. The van der Waals surface area contributed by atoms with Crippen LogP contribution in [-0.2, 0) is 18.4 Å². The Morgan fingerprint density at radius 1 is 1.10 bits per heavy atom. The van der Waals surface area contributed by atoms with Crippen LogP contribution < -0.4 is 0 Å². The summed E-state index contributed by atoms with van der Waals surface area (Å²) in [5.41, 5.74) is 3.95.